The van der Waals surface area contributed by atoms with Crippen molar-refractivity contribution in [2.75, 3.05) is 26.4 Å². The van der Waals surface area contributed by atoms with Gasteiger partial charge in [-0.2, -0.15) is 0 Å². The Morgan fingerprint density at radius 1 is 1.03 bits per heavy atom. The van der Waals surface area contributed by atoms with Crippen LogP contribution in [0.25, 0.3) is 0 Å². The third-order valence-electron chi connectivity index (χ3n) is 4.31. The van der Waals surface area contributed by atoms with Crippen molar-refractivity contribution < 1.29 is 18.6 Å². The van der Waals surface area contributed by atoms with Gasteiger partial charge < -0.3 is 19.5 Å². The van der Waals surface area contributed by atoms with E-state index in [-0.39, 0.29) is 12.4 Å². The minimum Gasteiger partial charge on any atom is -0.490 e. The van der Waals surface area contributed by atoms with Crippen LogP contribution < -0.4 is 14.8 Å². The summed E-state index contributed by atoms with van der Waals surface area (Å²) in [7, 11) is 0. The van der Waals surface area contributed by atoms with Crippen LogP contribution in [-0.2, 0) is 17.9 Å². The van der Waals surface area contributed by atoms with Crippen molar-refractivity contribution in [1.82, 2.24) is 5.32 Å². The number of rotatable bonds is 14. The molecule has 0 aromatic heterocycles. The van der Waals surface area contributed by atoms with Crippen LogP contribution in [0.4, 0.5) is 4.39 Å². The van der Waals surface area contributed by atoms with Gasteiger partial charge in [0.15, 0.2) is 11.5 Å². The van der Waals surface area contributed by atoms with Crippen molar-refractivity contribution in [1.29, 1.82) is 0 Å². The zero-order valence-electron chi connectivity index (χ0n) is 17.3. The predicted octanol–water partition coefficient (Wildman–Crippen LogP) is 5.86. The van der Waals surface area contributed by atoms with Crippen LogP contribution in [0.1, 0.15) is 44.2 Å². The van der Waals surface area contributed by atoms with Gasteiger partial charge in [0, 0.05) is 25.3 Å². The monoisotopic (exact) mass is 467 g/mol. The fourth-order valence-electron chi connectivity index (χ4n) is 2.77. The van der Waals surface area contributed by atoms with Gasteiger partial charge in [0.1, 0.15) is 12.4 Å². The quantitative estimate of drug-likeness (QED) is 0.353. The lowest BCUT2D eigenvalue weighted by molar-refractivity contribution is 0.129. The summed E-state index contributed by atoms with van der Waals surface area (Å²) >= 11 is 3.57. The molecule has 1 N–H and O–H groups in total. The lowest BCUT2D eigenvalue weighted by Crippen LogP contribution is -2.16. The molecule has 2 rings (SSSR count). The largest absolute Gasteiger partial charge is 0.490 e. The molecule has 0 aliphatic rings. The standard InChI is InChI=1S/C23H31BrFNO3/c1-3-5-12-27-13-8-11-26-16-18-14-20(24)23(22(15-18)28-4-2)29-17-19-9-6-7-10-21(19)25/h6-7,9-10,14-15,26H,3-5,8,11-13,16-17H2,1-2H3. The molecule has 0 spiro atoms. The second kappa shape index (κ2) is 13.6. The molecule has 160 valence electrons. The molecule has 0 fully saturated rings. The smallest absolute Gasteiger partial charge is 0.175 e. The Kier molecular flexibility index (Phi) is 11.1. The van der Waals surface area contributed by atoms with Crippen LogP contribution in [0, 0.1) is 5.82 Å². The van der Waals surface area contributed by atoms with E-state index in [2.05, 4.69) is 28.2 Å². The van der Waals surface area contributed by atoms with E-state index in [0.717, 1.165) is 55.6 Å². The van der Waals surface area contributed by atoms with E-state index in [0.29, 0.717) is 23.7 Å². The maximum absolute atomic E-state index is 13.9. The van der Waals surface area contributed by atoms with E-state index in [1.165, 1.54) is 6.07 Å². The Labute approximate surface area is 181 Å². The minimum atomic E-state index is -0.277. The van der Waals surface area contributed by atoms with Crippen LogP contribution in [-0.4, -0.2) is 26.4 Å². The van der Waals surface area contributed by atoms with Gasteiger partial charge in [-0.15, -0.1) is 0 Å². The molecule has 29 heavy (non-hydrogen) atoms. The van der Waals surface area contributed by atoms with Gasteiger partial charge in [-0.3, -0.25) is 0 Å². The van der Waals surface area contributed by atoms with Crippen LogP contribution in [0.2, 0.25) is 0 Å². The average Bonchev–Trinajstić information content (AvgIpc) is 2.71. The first-order chi connectivity index (χ1) is 14.2. The first-order valence-electron chi connectivity index (χ1n) is 10.3. The van der Waals surface area contributed by atoms with Crippen molar-refractivity contribution >= 4 is 15.9 Å². The lowest BCUT2D eigenvalue weighted by Gasteiger charge is -2.16. The first-order valence-corrected chi connectivity index (χ1v) is 11.0. The Hall–Kier alpha value is -1.63. The fraction of sp³-hybridized carbons (Fsp3) is 0.478. The fourth-order valence-corrected chi connectivity index (χ4v) is 3.38. The highest BCUT2D eigenvalue weighted by molar-refractivity contribution is 9.10. The number of benzene rings is 2. The van der Waals surface area contributed by atoms with E-state index >= 15 is 0 Å². The second-order valence-electron chi connectivity index (χ2n) is 6.71. The third kappa shape index (κ3) is 8.33. The summed E-state index contributed by atoms with van der Waals surface area (Å²) in [6.07, 6.45) is 3.26. The number of ether oxygens (including phenoxy) is 3. The molecule has 0 atom stereocenters. The summed E-state index contributed by atoms with van der Waals surface area (Å²) in [4.78, 5) is 0. The van der Waals surface area contributed by atoms with E-state index in [1.807, 2.05) is 19.1 Å². The molecule has 0 radical (unpaired) electrons. The van der Waals surface area contributed by atoms with Crippen molar-refractivity contribution in [3.63, 3.8) is 0 Å². The van der Waals surface area contributed by atoms with E-state index in [1.54, 1.807) is 18.2 Å². The zero-order valence-corrected chi connectivity index (χ0v) is 18.9. The topological polar surface area (TPSA) is 39.7 Å². The van der Waals surface area contributed by atoms with Gasteiger partial charge in [-0.1, -0.05) is 31.5 Å². The summed E-state index contributed by atoms with van der Waals surface area (Å²) in [5.41, 5.74) is 1.60. The van der Waals surface area contributed by atoms with Gasteiger partial charge in [-0.25, -0.2) is 4.39 Å². The molecule has 6 heteroatoms. The van der Waals surface area contributed by atoms with Crippen molar-refractivity contribution in [3.8, 4) is 11.5 Å². The average molecular weight is 468 g/mol. The number of unbranched alkanes of at least 4 members (excludes halogenated alkanes) is 1. The van der Waals surface area contributed by atoms with Gasteiger partial charge in [0.05, 0.1) is 11.1 Å². The highest BCUT2D eigenvalue weighted by Crippen LogP contribution is 2.37. The molecule has 0 saturated carbocycles. The normalized spacial score (nSPS) is 10.9. The van der Waals surface area contributed by atoms with Crippen molar-refractivity contribution in [2.45, 2.75) is 46.3 Å². The highest BCUT2D eigenvalue weighted by atomic mass is 79.9. The summed E-state index contributed by atoms with van der Waals surface area (Å²) in [6, 6.07) is 10.6. The molecule has 0 heterocycles. The minimum absolute atomic E-state index is 0.140. The van der Waals surface area contributed by atoms with E-state index in [9.17, 15) is 4.39 Å². The molecule has 0 saturated heterocycles. The first kappa shape index (κ1) is 23.6. The molecule has 0 aliphatic heterocycles. The SMILES string of the molecule is CCCCOCCCNCc1cc(Br)c(OCc2ccccc2F)c(OCC)c1. The summed E-state index contributed by atoms with van der Waals surface area (Å²) in [5.74, 6) is 0.960. The van der Waals surface area contributed by atoms with Crippen LogP contribution in [0.5, 0.6) is 11.5 Å². The Balaban J connectivity index is 1.90. The third-order valence-corrected chi connectivity index (χ3v) is 4.90. The van der Waals surface area contributed by atoms with Crippen LogP contribution in [0.15, 0.2) is 40.9 Å². The molecule has 0 unspecified atom stereocenters. The van der Waals surface area contributed by atoms with Gasteiger partial charge in [-0.05, 0) is 66.0 Å². The van der Waals surface area contributed by atoms with Crippen molar-refractivity contribution in [2.24, 2.45) is 0 Å². The van der Waals surface area contributed by atoms with Gasteiger partial charge >= 0.3 is 0 Å². The molecule has 2 aromatic rings. The number of hydrogen-bond donors (Lipinski definition) is 1. The van der Waals surface area contributed by atoms with Gasteiger partial charge in [0.2, 0.25) is 0 Å². The Morgan fingerprint density at radius 2 is 1.83 bits per heavy atom. The highest BCUT2D eigenvalue weighted by Gasteiger charge is 2.13. The predicted molar refractivity (Wildman–Crippen MR) is 118 cm³/mol. The van der Waals surface area contributed by atoms with E-state index in [4.69, 9.17) is 14.2 Å². The summed E-state index contributed by atoms with van der Waals surface area (Å²) in [5, 5.41) is 3.43. The lowest BCUT2D eigenvalue weighted by atomic mass is 10.2. The van der Waals surface area contributed by atoms with Gasteiger partial charge in [0.25, 0.3) is 0 Å². The zero-order chi connectivity index (χ0) is 20.9. The Bertz CT molecular complexity index is 742. The van der Waals surface area contributed by atoms with Crippen LogP contribution in [0.3, 0.4) is 0 Å². The molecule has 0 bridgehead atoms. The molecule has 4 nitrogen and oxygen atoms in total. The molecular formula is C23H31BrFNO3. The number of nitrogens with one attached hydrogen (secondary N) is 1. The van der Waals surface area contributed by atoms with Crippen LogP contribution >= 0.6 is 15.9 Å². The molecule has 2 aromatic carbocycles. The Morgan fingerprint density at radius 3 is 2.59 bits per heavy atom. The molecule has 0 amide bonds. The maximum atomic E-state index is 13.9. The molecular weight excluding hydrogens is 437 g/mol. The number of hydrogen-bond acceptors (Lipinski definition) is 4. The summed E-state index contributed by atoms with van der Waals surface area (Å²) in [6.45, 7) is 7.99. The molecule has 0 aliphatic carbocycles. The number of halogens is 2. The van der Waals surface area contributed by atoms with E-state index < -0.39 is 0 Å². The summed E-state index contributed by atoms with van der Waals surface area (Å²) < 4.78 is 31.9. The van der Waals surface area contributed by atoms with Crippen molar-refractivity contribution in [3.05, 3.63) is 57.8 Å². The second-order valence-corrected chi connectivity index (χ2v) is 7.57. The maximum Gasteiger partial charge on any atom is 0.175 e.